The van der Waals surface area contributed by atoms with E-state index in [4.69, 9.17) is 9.47 Å². The van der Waals surface area contributed by atoms with E-state index in [0.717, 1.165) is 4.47 Å². The number of hydrogen-bond donors (Lipinski definition) is 1. The molecule has 1 aliphatic heterocycles. The van der Waals surface area contributed by atoms with Gasteiger partial charge in [0.15, 0.2) is 12.3 Å². The molecule has 7 heteroatoms. The van der Waals surface area contributed by atoms with Crippen molar-refractivity contribution in [3.05, 3.63) is 52.5 Å². The maximum atomic E-state index is 12.9. The number of carboxylic acids is 1. The molecule has 0 aromatic heterocycles. The molecule has 0 bridgehead atoms. The van der Waals surface area contributed by atoms with E-state index in [-0.39, 0.29) is 19.1 Å². The summed E-state index contributed by atoms with van der Waals surface area (Å²) in [7, 11) is 0. The van der Waals surface area contributed by atoms with Gasteiger partial charge in [-0.2, -0.15) is 0 Å². The van der Waals surface area contributed by atoms with Crippen molar-refractivity contribution in [2.24, 2.45) is 0 Å². The van der Waals surface area contributed by atoms with E-state index in [1.165, 1.54) is 4.90 Å². The Morgan fingerprint density at radius 3 is 2.60 bits per heavy atom. The molecular weight excluding hydrogens is 450 g/mol. The summed E-state index contributed by atoms with van der Waals surface area (Å²) in [6, 6.07) is 12.3. The highest BCUT2D eigenvalue weighted by atomic mass is 79.9. The maximum absolute atomic E-state index is 12.9. The van der Waals surface area contributed by atoms with Gasteiger partial charge in [-0.3, -0.25) is 14.5 Å². The average Bonchev–Trinajstić information content (AvgIpc) is 2.69. The standard InChI is InChI=1S/C23H22BrNO5/c1-4-5-6-18(21(26)27)15-7-10-17(11-8-15)29-14-25-19-12-9-16(24)13-20(19)30-23(2,3)22(25)28/h7-13,18H,6,14H2,1-3H3,(H,26,27). The van der Waals surface area contributed by atoms with E-state index in [9.17, 15) is 14.7 Å². The third kappa shape index (κ3) is 4.60. The van der Waals surface area contributed by atoms with Gasteiger partial charge in [0.1, 0.15) is 11.5 Å². The average molecular weight is 472 g/mol. The van der Waals surface area contributed by atoms with Crippen molar-refractivity contribution in [2.75, 3.05) is 11.6 Å². The third-order valence-corrected chi connectivity index (χ3v) is 5.26. The fourth-order valence-corrected chi connectivity index (χ4v) is 3.50. The predicted octanol–water partition coefficient (Wildman–Crippen LogP) is 4.57. The fourth-order valence-electron chi connectivity index (χ4n) is 3.16. The van der Waals surface area contributed by atoms with E-state index in [1.807, 2.05) is 12.1 Å². The Bertz CT molecular complexity index is 1020. The summed E-state index contributed by atoms with van der Waals surface area (Å²) >= 11 is 3.42. The first-order valence-electron chi connectivity index (χ1n) is 9.38. The van der Waals surface area contributed by atoms with Crippen molar-refractivity contribution in [1.29, 1.82) is 0 Å². The molecule has 1 amide bonds. The molecule has 0 saturated carbocycles. The van der Waals surface area contributed by atoms with Gasteiger partial charge in [0, 0.05) is 10.9 Å². The minimum absolute atomic E-state index is 0.00325. The van der Waals surface area contributed by atoms with Gasteiger partial charge in [0.2, 0.25) is 0 Å². The number of ether oxygens (including phenoxy) is 2. The normalized spacial score (nSPS) is 15.3. The van der Waals surface area contributed by atoms with Crippen molar-refractivity contribution < 1.29 is 24.2 Å². The van der Waals surface area contributed by atoms with Gasteiger partial charge in [0.25, 0.3) is 5.91 Å². The van der Waals surface area contributed by atoms with Crippen LogP contribution >= 0.6 is 15.9 Å². The molecule has 0 spiro atoms. The molecule has 1 heterocycles. The Labute approximate surface area is 183 Å². The number of anilines is 1. The topological polar surface area (TPSA) is 76.1 Å². The quantitative estimate of drug-likeness (QED) is 0.624. The molecule has 30 heavy (non-hydrogen) atoms. The van der Waals surface area contributed by atoms with Gasteiger partial charge >= 0.3 is 5.97 Å². The van der Waals surface area contributed by atoms with Gasteiger partial charge in [-0.25, -0.2) is 0 Å². The number of nitrogens with zero attached hydrogens (tertiary/aromatic N) is 1. The summed E-state index contributed by atoms with van der Waals surface area (Å²) in [4.78, 5) is 25.9. The van der Waals surface area contributed by atoms with E-state index in [0.29, 0.717) is 22.7 Å². The summed E-state index contributed by atoms with van der Waals surface area (Å²) in [5, 5.41) is 9.43. The molecular formula is C23H22BrNO5. The number of carbonyl (C=O) groups excluding carboxylic acids is 1. The summed E-state index contributed by atoms with van der Waals surface area (Å²) in [6.45, 7) is 5.11. The SMILES string of the molecule is CC#CCC(C(=O)O)c1ccc(OCN2C(=O)C(C)(C)Oc3cc(Br)ccc32)cc1. The summed E-state index contributed by atoms with van der Waals surface area (Å²) in [5.74, 6) is 4.83. The lowest BCUT2D eigenvalue weighted by Crippen LogP contribution is -2.53. The minimum atomic E-state index is -1.02. The number of amides is 1. The Morgan fingerprint density at radius 1 is 1.27 bits per heavy atom. The molecule has 3 rings (SSSR count). The van der Waals surface area contributed by atoms with Crippen LogP contribution in [0.5, 0.6) is 11.5 Å². The van der Waals surface area contributed by atoms with E-state index >= 15 is 0 Å². The second kappa shape index (κ2) is 8.80. The Kier molecular flexibility index (Phi) is 6.37. The van der Waals surface area contributed by atoms with Crippen LogP contribution in [0.3, 0.4) is 0 Å². The van der Waals surface area contributed by atoms with Crippen LogP contribution < -0.4 is 14.4 Å². The smallest absolute Gasteiger partial charge is 0.311 e. The van der Waals surface area contributed by atoms with Gasteiger partial charge in [-0.05, 0) is 56.7 Å². The molecule has 1 unspecified atom stereocenters. The lowest BCUT2D eigenvalue weighted by molar-refractivity contribution is -0.138. The van der Waals surface area contributed by atoms with Crippen LogP contribution in [-0.2, 0) is 9.59 Å². The molecule has 2 aromatic rings. The Morgan fingerprint density at radius 2 is 1.97 bits per heavy atom. The molecule has 0 radical (unpaired) electrons. The van der Waals surface area contributed by atoms with Crippen LogP contribution in [0.25, 0.3) is 0 Å². The van der Waals surface area contributed by atoms with Crippen molar-refractivity contribution in [2.45, 2.75) is 38.7 Å². The van der Waals surface area contributed by atoms with Crippen LogP contribution in [-0.4, -0.2) is 29.3 Å². The predicted molar refractivity (Wildman–Crippen MR) is 117 cm³/mol. The monoisotopic (exact) mass is 471 g/mol. The highest BCUT2D eigenvalue weighted by Crippen LogP contribution is 2.39. The summed E-state index contributed by atoms with van der Waals surface area (Å²) in [6.07, 6.45) is 0.246. The molecule has 0 fully saturated rings. The fraction of sp³-hybridized carbons (Fsp3) is 0.304. The van der Waals surface area contributed by atoms with Crippen molar-refractivity contribution in [3.8, 4) is 23.3 Å². The number of rotatable bonds is 6. The molecule has 1 atom stereocenters. The Balaban J connectivity index is 1.77. The molecule has 1 N–H and O–H groups in total. The molecule has 1 aliphatic rings. The van der Waals surface area contributed by atoms with Crippen LogP contribution in [0.15, 0.2) is 46.9 Å². The number of carboxylic acid groups (broad SMARTS) is 1. The van der Waals surface area contributed by atoms with Crippen LogP contribution in [0, 0.1) is 11.8 Å². The number of benzene rings is 2. The second-order valence-corrected chi connectivity index (χ2v) is 8.24. The molecule has 0 saturated heterocycles. The summed E-state index contributed by atoms with van der Waals surface area (Å²) in [5.41, 5.74) is 0.260. The molecule has 6 nitrogen and oxygen atoms in total. The molecule has 156 valence electrons. The number of fused-ring (bicyclic) bond motifs is 1. The van der Waals surface area contributed by atoms with Crippen molar-refractivity contribution in [1.82, 2.24) is 0 Å². The third-order valence-electron chi connectivity index (χ3n) is 4.76. The zero-order valence-corrected chi connectivity index (χ0v) is 18.5. The lowest BCUT2D eigenvalue weighted by atomic mass is 9.96. The van der Waals surface area contributed by atoms with Crippen LogP contribution in [0.2, 0.25) is 0 Å². The Hall–Kier alpha value is -2.98. The highest BCUT2D eigenvalue weighted by molar-refractivity contribution is 9.10. The van der Waals surface area contributed by atoms with Crippen molar-refractivity contribution in [3.63, 3.8) is 0 Å². The first kappa shape index (κ1) is 21.7. The van der Waals surface area contributed by atoms with Gasteiger partial charge in [-0.1, -0.05) is 28.1 Å². The summed E-state index contributed by atoms with van der Waals surface area (Å²) < 4.78 is 12.5. The lowest BCUT2D eigenvalue weighted by Gasteiger charge is -2.38. The van der Waals surface area contributed by atoms with Crippen LogP contribution in [0.4, 0.5) is 5.69 Å². The minimum Gasteiger partial charge on any atom is -0.481 e. The van der Waals surface area contributed by atoms with E-state index in [2.05, 4.69) is 27.8 Å². The zero-order chi connectivity index (χ0) is 21.9. The zero-order valence-electron chi connectivity index (χ0n) is 16.9. The van der Waals surface area contributed by atoms with Crippen molar-refractivity contribution >= 4 is 33.5 Å². The number of aliphatic carboxylic acids is 1. The van der Waals surface area contributed by atoms with Gasteiger partial charge in [0.05, 0.1) is 11.6 Å². The van der Waals surface area contributed by atoms with Crippen LogP contribution in [0.1, 0.15) is 38.7 Å². The number of halogens is 1. The first-order valence-corrected chi connectivity index (χ1v) is 10.2. The van der Waals surface area contributed by atoms with Gasteiger partial charge in [-0.15, -0.1) is 11.8 Å². The molecule has 0 aliphatic carbocycles. The highest BCUT2D eigenvalue weighted by Gasteiger charge is 2.41. The number of hydrogen-bond acceptors (Lipinski definition) is 4. The van der Waals surface area contributed by atoms with E-state index < -0.39 is 17.5 Å². The second-order valence-electron chi connectivity index (χ2n) is 7.32. The largest absolute Gasteiger partial charge is 0.481 e. The molecule has 2 aromatic carbocycles. The first-order chi connectivity index (χ1) is 14.2. The van der Waals surface area contributed by atoms with E-state index in [1.54, 1.807) is 51.1 Å². The maximum Gasteiger partial charge on any atom is 0.311 e. The number of carbonyl (C=O) groups is 2. The van der Waals surface area contributed by atoms with Gasteiger partial charge < -0.3 is 14.6 Å².